The zero-order valence-corrected chi connectivity index (χ0v) is 14.2. The van der Waals surface area contributed by atoms with Crippen molar-refractivity contribution in [3.63, 3.8) is 0 Å². The van der Waals surface area contributed by atoms with Gasteiger partial charge in [0.2, 0.25) is 0 Å². The van der Waals surface area contributed by atoms with Crippen LogP contribution in [0.25, 0.3) is 0 Å². The quantitative estimate of drug-likeness (QED) is 0.873. The summed E-state index contributed by atoms with van der Waals surface area (Å²) in [5.41, 5.74) is 1.38. The lowest BCUT2D eigenvalue weighted by molar-refractivity contribution is 0.282. The van der Waals surface area contributed by atoms with Gasteiger partial charge in [-0.2, -0.15) is 0 Å². The lowest BCUT2D eigenvalue weighted by Gasteiger charge is -2.20. The number of nitrogens with one attached hydrogen (secondary N) is 1. The highest BCUT2D eigenvalue weighted by Gasteiger charge is 2.17. The van der Waals surface area contributed by atoms with E-state index in [1.807, 2.05) is 0 Å². The maximum absolute atomic E-state index is 4.73. The molecule has 0 bridgehead atoms. The fourth-order valence-corrected chi connectivity index (χ4v) is 3.62. The van der Waals surface area contributed by atoms with Crippen LogP contribution < -0.4 is 5.32 Å². The van der Waals surface area contributed by atoms with Crippen molar-refractivity contribution in [1.29, 1.82) is 0 Å². The minimum atomic E-state index is 0.164. The van der Waals surface area contributed by atoms with Crippen molar-refractivity contribution in [2.75, 3.05) is 26.2 Å². The number of hydrogen-bond acceptors (Lipinski definition) is 4. The van der Waals surface area contributed by atoms with Gasteiger partial charge in [-0.3, -0.25) is 0 Å². The Hall–Kier alpha value is -0.450. The largest absolute Gasteiger partial charge is 0.310 e. The summed E-state index contributed by atoms with van der Waals surface area (Å²) in [5, 5.41) is 6.97. The van der Waals surface area contributed by atoms with Gasteiger partial charge in [0.15, 0.2) is 0 Å². The lowest BCUT2D eigenvalue weighted by atomic mass is 9.93. The van der Waals surface area contributed by atoms with Gasteiger partial charge < -0.3 is 10.2 Å². The molecular weight excluding hydrogens is 266 g/mol. The van der Waals surface area contributed by atoms with Crippen LogP contribution in [0.15, 0.2) is 5.38 Å². The van der Waals surface area contributed by atoms with E-state index in [1.165, 1.54) is 43.2 Å². The van der Waals surface area contributed by atoms with Gasteiger partial charge in [0.05, 0.1) is 5.69 Å². The van der Waals surface area contributed by atoms with E-state index >= 15 is 0 Å². The molecule has 3 nitrogen and oxygen atoms in total. The highest BCUT2D eigenvalue weighted by atomic mass is 32.1. The Morgan fingerprint density at radius 1 is 1.35 bits per heavy atom. The predicted octanol–water partition coefficient (Wildman–Crippen LogP) is 3.26. The van der Waals surface area contributed by atoms with Crippen LogP contribution in [0.3, 0.4) is 0 Å². The first-order chi connectivity index (χ1) is 9.45. The second-order valence-corrected chi connectivity index (χ2v) is 8.06. The van der Waals surface area contributed by atoms with Crippen LogP contribution in [0, 0.1) is 5.92 Å². The molecule has 20 heavy (non-hydrogen) atoms. The molecule has 1 aliphatic heterocycles. The molecule has 1 fully saturated rings. The Balaban J connectivity index is 1.68. The monoisotopic (exact) mass is 295 g/mol. The summed E-state index contributed by atoms with van der Waals surface area (Å²) in [4.78, 5) is 7.32. The summed E-state index contributed by atoms with van der Waals surface area (Å²) < 4.78 is 0. The molecule has 1 atom stereocenters. The smallest absolute Gasteiger partial charge is 0.107 e. The molecule has 4 heteroatoms. The first-order valence-corrected chi connectivity index (χ1v) is 8.71. The molecule has 0 saturated carbocycles. The number of thiazole rings is 1. The molecule has 2 rings (SSSR count). The van der Waals surface area contributed by atoms with Gasteiger partial charge in [0, 0.05) is 23.9 Å². The van der Waals surface area contributed by atoms with Crippen molar-refractivity contribution >= 4 is 11.3 Å². The molecule has 114 valence electrons. The Kier molecular flexibility index (Phi) is 5.58. The van der Waals surface area contributed by atoms with Crippen LogP contribution in [-0.2, 0) is 12.0 Å². The number of hydrogen-bond donors (Lipinski definition) is 1. The molecular formula is C16H29N3S. The SMILES string of the molecule is CC(CNCc1nc(C(C)(C)C)cs1)CN1CCCC1. The molecule has 0 radical (unpaired) electrons. The van der Waals surface area contributed by atoms with Crippen LogP contribution in [0.4, 0.5) is 0 Å². The summed E-state index contributed by atoms with van der Waals surface area (Å²) in [5.74, 6) is 0.718. The van der Waals surface area contributed by atoms with Crippen molar-refractivity contribution in [2.24, 2.45) is 5.92 Å². The van der Waals surface area contributed by atoms with Crippen molar-refractivity contribution in [3.8, 4) is 0 Å². The number of likely N-dealkylation sites (tertiary alicyclic amines) is 1. The van der Waals surface area contributed by atoms with Gasteiger partial charge in [-0.15, -0.1) is 11.3 Å². The summed E-state index contributed by atoms with van der Waals surface area (Å²) in [6.07, 6.45) is 2.77. The molecule has 1 aromatic rings. The minimum Gasteiger partial charge on any atom is -0.310 e. The standard InChI is InChI=1S/C16H29N3S/c1-13(11-19-7-5-6-8-19)9-17-10-15-18-14(12-20-15)16(2,3)4/h12-13,17H,5-11H2,1-4H3. The first-order valence-electron chi connectivity index (χ1n) is 7.83. The number of aromatic nitrogens is 1. The van der Waals surface area contributed by atoms with Crippen molar-refractivity contribution in [2.45, 2.75) is 52.5 Å². The zero-order valence-electron chi connectivity index (χ0n) is 13.4. The molecule has 1 unspecified atom stereocenters. The second kappa shape index (κ2) is 7.01. The van der Waals surface area contributed by atoms with Gasteiger partial charge in [-0.05, 0) is 38.4 Å². The van der Waals surface area contributed by atoms with Crippen LogP contribution in [0.5, 0.6) is 0 Å². The molecule has 2 heterocycles. The van der Waals surface area contributed by atoms with Crippen LogP contribution in [-0.4, -0.2) is 36.1 Å². The van der Waals surface area contributed by atoms with Crippen LogP contribution in [0.1, 0.15) is 51.2 Å². The molecule has 1 saturated heterocycles. The van der Waals surface area contributed by atoms with E-state index in [2.05, 4.69) is 43.3 Å². The highest BCUT2D eigenvalue weighted by Crippen LogP contribution is 2.23. The topological polar surface area (TPSA) is 28.2 Å². The third-order valence-electron chi connectivity index (χ3n) is 3.86. The summed E-state index contributed by atoms with van der Waals surface area (Å²) in [6.45, 7) is 14.8. The normalized spacial score (nSPS) is 18.6. The van der Waals surface area contributed by atoms with Gasteiger partial charge in [-0.1, -0.05) is 27.7 Å². The minimum absolute atomic E-state index is 0.164. The van der Waals surface area contributed by atoms with Gasteiger partial charge in [0.25, 0.3) is 0 Å². The van der Waals surface area contributed by atoms with Gasteiger partial charge >= 0.3 is 0 Å². The van der Waals surface area contributed by atoms with Crippen molar-refractivity contribution < 1.29 is 0 Å². The Labute approximate surface area is 127 Å². The molecule has 1 aliphatic rings. The second-order valence-electron chi connectivity index (χ2n) is 7.12. The summed E-state index contributed by atoms with van der Waals surface area (Å²) in [7, 11) is 0. The molecule has 1 aromatic heterocycles. The average molecular weight is 295 g/mol. The molecule has 1 N–H and O–H groups in total. The maximum Gasteiger partial charge on any atom is 0.107 e. The number of rotatable bonds is 6. The summed E-state index contributed by atoms with van der Waals surface area (Å²) in [6, 6.07) is 0. The van der Waals surface area contributed by atoms with E-state index in [0.29, 0.717) is 0 Å². The maximum atomic E-state index is 4.73. The fourth-order valence-electron chi connectivity index (χ4n) is 2.63. The fraction of sp³-hybridized carbons (Fsp3) is 0.812. The van der Waals surface area contributed by atoms with E-state index < -0.39 is 0 Å². The van der Waals surface area contributed by atoms with E-state index in [9.17, 15) is 0 Å². The predicted molar refractivity (Wildman–Crippen MR) is 87.4 cm³/mol. The molecule has 0 amide bonds. The molecule has 0 spiro atoms. The summed E-state index contributed by atoms with van der Waals surface area (Å²) >= 11 is 1.78. The molecule has 0 aromatic carbocycles. The van der Waals surface area contributed by atoms with Gasteiger partial charge in [0.1, 0.15) is 5.01 Å². The zero-order chi connectivity index (χ0) is 14.6. The van der Waals surface area contributed by atoms with Gasteiger partial charge in [-0.25, -0.2) is 4.98 Å². The third-order valence-corrected chi connectivity index (χ3v) is 4.71. The average Bonchev–Trinajstić information content (AvgIpc) is 2.98. The Morgan fingerprint density at radius 3 is 2.65 bits per heavy atom. The first kappa shape index (κ1) is 15.9. The number of nitrogens with zero attached hydrogens (tertiary/aromatic N) is 2. The van der Waals surface area contributed by atoms with Crippen molar-refractivity contribution in [1.82, 2.24) is 15.2 Å². The van der Waals surface area contributed by atoms with E-state index in [-0.39, 0.29) is 5.41 Å². The lowest BCUT2D eigenvalue weighted by Crippen LogP contribution is -2.31. The molecule has 0 aliphatic carbocycles. The van der Waals surface area contributed by atoms with Crippen LogP contribution >= 0.6 is 11.3 Å². The Morgan fingerprint density at radius 2 is 2.05 bits per heavy atom. The highest BCUT2D eigenvalue weighted by molar-refractivity contribution is 7.09. The van der Waals surface area contributed by atoms with Crippen molar-refractivity contribution in [3.05, 3.63) is 16.1 Å². The Bertz CT molecular complexity index is 402. The van der Waals surface area contributed by atoms with E-state index in [1.54, 1.807) is 11.3 Å². The van der Waals surface area contributed by atoms with E-state index in [4.69, 9.17) is 4.98 Å². The van der Waals surface area contributed by atoms with E-state index in [0.717, 1.165) is 19.0 Å². The third kappa shape index (κ3) is 4.83. The van der Waals surface area contributed by atoms with Crippen LogP contribution in [0.2, 0.25) is 0 Å².